The second-order valence-corrected chi connectivity index (χ2v) is 5.81. The van der Waals surface area contributed by atoms with Crippen LogP contribution in [-0.2, 0) is 9.59 Å². The number of ether oxygens (including phenoxy) is 1. The van der Waals surface area contributed by atoms with E-state index in [0.717, 1.165) is 18.1 Å². The van der Waals surface area contributed by atoms with Crippen molar-refractivity contribution in [1.82, 2.24) is 0 Å². The summed E-state index contributed by atoms with van der Waals surface area (Å²) >= 11 is 6.00. The molecule has 1 aromatic carbocycles. The fourth-order valence-electron chi connectivity index (χ4n) is 1.83. The molecule has 0 saturated heterocycles. The summed E-state index contributed by atoms with van der Waals surface area (Å²) in [6.45, 7) is 3.74. The number of rotatable bonds is 6. The van der Waals surface area contributed by atoms with Crippen molar-refractivity contribution in [3.05, 3.63) is 28.3 Å². The highest BCUT2D eigenvalue weighted by Crippen LogP contribution is 2.27. The minimum absolute atomic E-state index is 0.246. The number of halogens is 1. The van der Waals surface area contributed by atoms with E-state index in [1.165, 1.54) is 0 Å². The minimum atomic E-state index is -1.94. The Hall–Kier alpha value is -1.63. The van der Waals surface area contributed by atoms with Crippen molar-refractivity contribution in [3.8, 4) is 5.75 Å². The molecule has 0 aliphatic carbocycles. The second kappa shape index (κ2) is 7.09. The number of aliphatic hydroxyl groups excluding tert-OH is 2. The molecule has 0 aliphatic heterocycles. The molecule has 0 fully saturated rings. The van der Waals surface area contributed by atoms with Gasteiger partial charge in [0.1, 0.15) is 5.75 Å². The van der Waals surface area contributed by atoms with Gasteiger partial charge in [-0.25, -0.2) is 0 Å². The fourth-order valence-corrected chi connectivity index (χ4v) is 1.94. The predicted molar refractivity (Wildman–Crippen MR) is 77.4 cm³/mol. The molecular weight excluding hydrogens is 312 g/mol. The van der Waals surface area contributed by atoms with Crippen LogP contribution in [0.3, 0.4) is 0 Å². The Morgan fingerprint density at radius 2 is 1.86 bits per heavy atom. The van der Waals surface area contributed by atoms with Crippen LogP contribution >= 0.6 is 11.6 Å². The number of carboxylic acids is 1. The number of aryl methyl sites for hydroxylation is 2. The average Bonchev–Trinajstić information content (AvgIpc) is 2.43. The summed E-state index contributed by atoms with van der Waals surface area (Å²) in [5.41, 5.74) is -0.495. The normalized spacial score (nSPS) is 15.0. The van der Waals surface area contributed by atoms with Crippen LogP contribution in [0.4, 0.5) is 0 Å². The molecular formula is C15H18ClO6-. The van der Waals surface area contributed by atoms with Gasteiger partial charge in [-0.1, -0.05) is 11.6 Å². The monoisotopic (exact) mass is 329 g/mol. The van der Waals surface area contributed by atoms with Crippen LogP contribution in [0.5, 0.6) is 5.75 Å². The van der Waals surface area contributed by atoms with Gasteiger partial charge in [0, 0.05) is 5.02 Å². The van der Waals surface area contributed by atoms with E-state index < -0.39 is 36.5 Å². The lowest BCUT2D eigenvalue weighted by Gasteiger charge is -2.32. The molecule has 0 aliphatic rings. The summed E-state index contributed by atoms with van der Waals surface area (Å²) in [6.07, 6.45) is -2.23. The predicted octanol–water partition coefficient (Wildman–Crippen LogP) is 0.362. The molecule has 0 aromatic heterocycles. The first-order valence-corrected chi connectivity index (χ1v) is 6.97. The second-order valence-electron chi connectivity index (χ2n) is 5.43. The van der Waals surface area contributed by atoms with Gasteiger partial charge in [-0.3, -0.25) is 4.79 Å². The molecule has 2 atom stereocenters. The molecule has 0 bridgehead atoms. The molecule has 2 N–H and O–H groups in total. The first-order chi connectivity index (χ1) is 10.1. The Labute approximate surface area is 133 Å². The first-order valence-electron chi connectivity index (χ1n) is 6.59. The van der Waals surface area contributed by atoms with Crippen molar-refractivity contribution < 1.29 is 29.6 Å². The number of carbonyl (C=O) groups excluding carboxylic acids is 2. The van der Waals surface area contributed by atoms with Gasteiger partial charge in [-0.15, -0.1) is 0 Å². The van der Waals surface area contributed by atoms with Gasteiger partial charge < -0.3 is 24.9 Å². The van der Waals surface area contributed by atoms with E-state index in [4.69, 9.17) is 21.4 Å². The lowest BCUT2D eigenvalue weighted by Crippen LogP contribution is -2.51. The van der Waals surface area contributed by atoms with Crippen LogP contribution in [0.2, 0.25) is 5.02 Å². The Kier molecular flexibility index (Phi) is 5.93. The zero-order valence-corrected chi connectivity index (χ0v) is 13.3. The highest BCUT2D eigenvalue weighted by Gasteiger charge is 2.36. The van der Waals surface area contributed by atoms with E-state index in [2.05, 4.69) is 0 Å². The molecule has 1 aromatic rings. The smallest absolute Gasteiger partial charge is 0.313 e. The molecule has 2 unspecified atom stereocenters. The summed E-state index contributed by atoms with van der Waals surface area (Å²) in [5.74, 6) is -2.22. The number of carboxylic acid groups (broad SMARTS) is 1. The fraction of sp³-hybridized carbons (Fsp3) is 0.467. The number of hydrogen-bond acceptors (Lipinski definition) is 6. The van der Waals surface area contributed by atoms with Gasteiger partial charge in [0.05, 0.1) is 30.5 Å². The molecule has 6 nitrogen and oxygen atoms in total. The highest BCUT2D eigenvalue weighted by atomic mass is 35.5. The third kappa shape index (κ3) is 3.97. The van der Waals surface area contributed by atoms with Crippen LogP contribution in [0.25, 0.3) is 0 Å². The van der Waals surface area contributed by atoms with Gasteiger partial charge >= 0.3 is 5.97 Å². The Morgan fingerprint density at radius 1 is 1.36 bits per heavy atom. The molecule has 122 valence electrons. The van der Waals surface area contributed by atoms with E-state index >= 15 is 0 Å². The Morgan fingerprint density at radius 3 is 2.27 bits per heavy atom. The number of aliphatic hydroxyl groups is 2. The summed E-state index contributed by atoms with van der Waals surface area (Å²) in [5, 5.41) is 30.4. The van der Waals surface area contributed by atoms with E-state index in [0.29, 0.717) is 5.02 Å². The quantitative estimate of drug-likeness (QED) is 0.576. The van der Waals surface area contributed by atoms with Crippen LogP contribution in [0.1, 0.15) is 24.5 Å². The van der Waals surface area contributed by atoms with Crippen LogP contribution in [-0.4, -0.2) is 34.9 Å². The van der Waals surface area contributed by atoms with Crippen LogP contribution in [0, 0.1) is 19.3 Å². The summed E-state index contributed by atoms with van der Waals surface area (Å²) in [6, 6.07) is 3.12. The highest BCUT2D eigenvalue weighted by molar-refractivity contribution is 6.32. The Balaban J connectivity index is 2.81. The van der Waals surface area contributed by atoms with Crippen molar-refractivity contribution in [2.45, 2.75) is 33.3 Å². The van der Waals surface area contributed by atoms with Crippen molar-refractivity contribution in [2.24, 2.45) is 5.41 Å². The molecule has 1 rings (SSSR count). The zero-order chi connectivity index (χ0) is 17.1. The van der Waals surface area contributed by atoms with Crippen molar-refractivity contribution in [1.29, 1.82) is 0 Å². The number of aliphatic carboxylic acids is 1. The SMILES string of the molecule is Cc1cc(OC(=O)CC(O)C(C)(CO)C(=O)[O-])cc(C)c1Cl. The van der Waals surface area contributed by atoms with E-state index in [1.54, 1.807) is 26.0 Å². The molecule has 0 spiro atoms. The molecule has 0 amide bonds. The third-order valence-electron chi connectivity index (χ3n) is 3.53. The third-order valence-corrected chi connectivity index (χ3v) is 4.13. The van der Waals surface area contributed by atoms with Crippen molar-refractivity contribution >= 4 is 23.5 Å². The number of carbonyl (C=O) groups is 2. The average molecular weight is 330 g/mol. The summed E-state index contributed by atoms with van der Waals surface area (Å²) in [7, 11) is 0. The number of benzene rings is 1. The van der Waals surface area contributed by atoms with Gasteiger partial charge in [0.25, 0.3) is 0 Å². The van der Waals surface area contributed by atoms with Crippen molar-refractivity contribution in [3.63, 3.8) is 0 Å². The van der Waals surface area contributed by atoms with E-state index in [9.17, 15) is 19.8 Å². The molecule has 0 radical (unpaired) electrons. The number of esters is 1. The van der Waals surface area contributed by atoms with Gasteiger partial charge in [0.2, 0.25) is 0 Å². The molecule has 22 heavy (non-hydrogen) atoms. The van der Waals surface area contributed by atoms with E-state index in [-0.39, 0.29) is 5.75 Å². The summed E-state index contributed by atoms with van der Waals surface area (Å²) < 4.78 is 5.07. The van der Waals surface area contributed by atoms with Crippen LogP contribution < -0.4 is 9.84 Å². The van der Waals surface area contributed by atoms with Crippen molar-refractivity contribution in [2.75, 3.05) is 6.61 Å². The minimum Gasteiger partial charge on any atom is -0.549 e. The topological polar surface area (TPSA) is 107 Å². The maximum absolute atomic E-state index is 11.8. The maximum atomic E-state index is 11.8. The standard InChI is InChI=1S/C15H19ClO6/c1-8-4-10(5-9(2)13(8)16)22-12(19)6-11(18)15(3,7-17)14(20)21/h4-5,11,17-18H,6-7H2,1-3H3,(H,20,21)/p-1. The van der Waals surface area contributed by atoms with Gasteiger partial charge in [-0.2, -0.15) is 0 Å². The van der Waals surface area contributed by atoms with Crippen LogP contribution in [0.15, 0.2) is 12.1 Å². The molecule has 0 heterocycles. The molecule has 7 heteroatoms. The largest absolute Gasteiger partial charge is 0.549 e. The lowest BCUT2D eigenvalue weighted by atomic mass is 9.83. The Bertz CT molecular complexity index is 562. The van der Waals surface area contributed by atoms with Gasteiger partial charge in [-0.05, 0) is 44.0 Å². The van der Waals surface area contributed by atoms with E-state index in [1.807, 2.05) is 0 Å². The number of hydrogen-bond donors (Lipinski definition) is 2. The lowest BCUT2D eigenvalue weighted by molar-refractivity contribution is -0.324. The first kappa shape index (κ1) is 18.4. The summed E-state index contributed by atoms with van der Waals surface area (Å²) in [4.78, 5) is 22.8. The molecule has 0 saturated carbocycles. The van der Waals surface area contributed by atoms with Gasteiger partial charge in [0.15, 0.2) is 0 Å². The maximum Gasteiger partial charge on any atom is 0.313 e. The zero-order valence-electron chi connectivity index (χ0n) is 12.6.